The molecule has 4 heteroatoms. The van der Waals surface area contributed by atoms with Crippen LogP contribution in [0.1, 0.15) is 0 Å². The molecule has 0 unspecified atom stereocenters. The predicted octanol–water partition coefficient (Wildman–Crippen LogP) is 3.68. The van der Waals surface area contributed by atoms with Crippen molar-refractivity contribution in [1.29, 1.82) is 0 Å². The lowest BCUT2D eigenvalue weighted by Gasteiger charge is -2.03. The van der Waals surface area contributed by atoms with E-state index in [2.05, 4.69) is 4.98 Å². The van der Waals surface area contributed by atoms with Gasteiger partial charge in [0, 0.05) is 5.56 Å². The van der Waals surface area contributed by atoms with Crippen LogP contribution in [0, 0.1) is 11.6 Å². The molecule has 0 amide bonds. The van der Waals surface area contributed by atoms with Gasteiger partial charge in [-0.3, -0.25) is 0 Å². The summed E-state index contributed by atoms with van der Waals surface area (Å²) >= 11 is 5.78. The SMILES string of the molecule is Fc1cccc(-c2cc(F)cnc2Cl)c1. The first-order valence-electron chi connectivity index (χ1n) is 4.24. The van der Waals surface area contributed by atoms with Gasteiger partial charge >= 0.3 is 0 Å². The van der Waals surface area contributed by atoms with Gasteiger partial charge < -0.3 is 0 Å². The third-order valence-electron chi connectivity index (χ3n) is 1.94. The van der Waals surface area contributed by atoms with E-state index in [9.17, 15) is 8.78 Å². The Balaban J connectivity index is 2.58. The van der Waals surface area contributed by atoms with Gasteiger partial charge in [0.25, 0.3) is 0 Å². The van der Waals surface area contributed by atoms with Crippen LogP contribution in [0.25, 0.3) is 11.1 Å². The van der Waals surface area contributed by atoms with Crippen LogP contribution in [0.5, 0.6) is 0 Å². The Morgan fingerprint density at radius 2 is 1.87 bits per heavy atom. The second kappa shape index (κ2) is 3.95. The number of hydrogen-bond acceptors (Lipinski definition) is 1. The topological polar surface area (TPSA) is 12.9 Å². The maximum absolute atomic E-state index is 12.9. The molecule has 0 fully saturated rings. The number of rotatable bonds is 1. The molecule has 76 valence electrons. The Labute approximate surface area is 90.3 Å². The first kappa shape index (κ1) is 10.1. The lowest BCUT2D eigenvalue weighted by Crippen LogP contribution is -1.86. The van der Waals surface area contributed by atoms with Crippen LogP contribution in [0.4, 0.5) is 8.78 Å². The third-order valence-corrected chi connectivity index (χ3v) is 2.24. The van der Waals surface area contributed by atoms with E-state index in [0.29, 0.717) is 11.1 Å². The van der Waals surface area contributed by atoms with Crippen molar-refractivity contribution in [2.75, 3.05) is 0 Å². The fraction of sp³-hybridized carbons (Fsp3) is 0. The zero-order chi connectivity index (χ0) is 10.8. The molecule has 0 saturated heterocycles. The van der Waals surface area contributed by atoms with Crippen LogP contribution in [-0.2, 0) is 0 Å². The zero-order valence-electron chi connectivity index (χ0n) is 7.55. The largest absolute Gasteiger partial charge is 0.241 e. The maximum atomic E-state index is 12.9. The lowest BCUT2D eigenvalue weighted by molar-refractivity contribution is 0.621. The van der Waals surface area contributed by atoms with Crippen LogP contribution in [0.2, 0.25) is 5.15 Å². The molecular weight excluding hydrogens is 220 g/mol. The molecule has 0 N–H and O–H groups in total. The average molecular weight is 226 g/mol. The molecule has 2 rings (SSSR count). The van der Waals surface area contributed by atoms with Gasteiger partial charge in [-0.05, 0) is 23.8 Å². The fourth-order valence-corrected chi connectivity index (χ4v) is 1.49. The van der Waals surface area contributed by atoms with Crippen molar-refractivity contribution >= 4 is 11.6 Å². The van der Waals surface area contributed by atoms with E-state index in [4.69, 9.17) is 11.6 Å². The molecule has 0 bridgehead atoms. The Morgan fingerprint density at radius 1 is 1.07 bits per heavy atom. The minimum Gasteiger partial charge on any atom is -0.241 e. The van der Waals surface area contributed by atoms with E-state index in [1.807, 2.05) is 0 Å². The summed E-state index contributed by atoms with van der Waals surface area (Å²) in [5.74, 6) is -0.897. The number of pyridine rings is 1. The van der Waals surface area contributed by atoms with Crippen LogP contribution < -0.4 is 0 Å². The van der Waals surface area contributed by atoms with Crippen molar-refractivity contribution in [3.63, 3.8) is 0 Å². The van der Waals surface area contributed by atoms with Crippen LogP contribution in [0.3, 0.4) is 0 Å². The molecule has 0 aliphatic heterocycles. The summed E-state index contributed by atoms with van der Waals surface area (Å²) < 4.78 is 25.8. The average Bonchev–Trinajstić information content (AvgIpc) is 2.22. The van der Waals surface area contributed by atoms with Gasteiger partial charge in [-0.1, -0.05) is 23.7 Å². The Morgan fingerprint density at radius 3 is 2.60 bits per heavy atom. The van der Waals surface area contributed by atoms with E-state index in [-0.39, 0.29) is 5.15 Å². The highest BCUT2D eigenvalue weighted by Crippen LogP contribution is 2.26. The monoisotopic (exact) mass is 225 g/mol. The fourth-order valence-electron chi connectivity index (χ4n) is 1.28. The molecule has 0 aliphatic rings. The van der Waals surface area contributed by atoms with Crippen LogP contribution >= 0.6 is 11.6 Å². The Bertz CT molecular complexity index is 500. The molecular formula is C11H6ClF2N. The Hall–Kier alpha value is -1.48. The summed E-state index contributed by atoms with van der Waals surface area (Å²) in [6, 6.07) is 6.99. The predicted molar refractivity (Wildman–Crippen MR) is 54.6 cm³/mol. The van der Waals surface area contributed by atoms with E-state index in [1.54, 1.807) is 6.07 Å². The highest BCUT2D eigenvalue weighted by molar-refractivity contribution is 6.32. The van der Waals surface area contributed by atoms with Crippen molar-refractivity contribution in [1.82, 2.24) is 4.98 Å². The summed E-state index contributed by atoms with van der Waals surface area (Å²) in [7, 11) is 0. The number of nitrogens with zero attached hydrogens (tertiary/aromatic N) is 1. The van der Waals surface area contributed by atoms with E-state index in [0.717, 1.165) is 6.20 Å². The minimum atomic E-state index is -0.501. The summed E-state index contributed by atoms with van der Waals surface area (Å²) in [6.45, 7) is 0. The second-order valence-corrected chi connectivity index (χ2v) is 3.36. The van der Waals surface area contributed by atoms with Gasteiger partial charge in [-0.15, -0.1) is 0 Å². The molecule has 1 heterocycles. The standard InChI is InChI=1S/C11H6ClF2N/c12-11-10(5-9(14)6-15-11)7-2-1-3-8(13)4-7/h1-6H. The second-order valence-electron chi connectivity index (χ2n) is 3.00. The van der Waals surface area contributed by atoms with E-state index < -0.39 is 11.6 Å². The highest BCUT2D eigenvalue weighted by Gasteiger charge is 2.06. The zero-order valence-corrected chi connectivity index (χ0v) is 8.30. The molecule has 0 saturated carbocycles. The van der Waals surface area contributed by atoms with Gasteiger partial charge in [0.05, 0.1) is 6.20 Å². The summed E-state index contributed by atoms with van der Waals surface area (Å²) in [5.41, 5.74) is 0.892. The first-order valence-corrected chi connectivity index (χ1v) is 4.61. The number of benzene rings is 1. The molecule has 2 aromatic rings. The normalized spacial score (nSPS) is 10.3. The molecule has 1 aromatic carbocycles. The number of hydrogen-bond donors (Lipinski definition) is 0. The van der Waals surface area contributed by atoms with Gasteiger partial charge in [0.15, 0.2) is 0 Å². The smallest absolute Gasteiger partial charge is 0.142 e. The highest BCUT2D eigenvalue weighted by atomic mass is 35.5. The van der Waals surface area contributed by atoms with Crippen molar-refractivity contribution in [3.05, 3.63) is 53.3 Å². The maximum Gasteiger partial charge on any atom is 0.142 e. The molecule has 0 aliphatic carbocycles. The molecule has 0 atom stereocenters. The quantitative estimate of drug-likeness (QED) is 0.675. The lowest BCUT2D eigenvalue weighted by atomic mass is 10.1. The van der Waals surface area contributed by atoms with Crippen molar-refractivity contribution in [2.24, 2.45) is 0 Å². The first-order chi connectivity index (χ1) is 7.16. The third kappa shape index (κ3) is 2.13. The number of aromatic nitrogens is 1. The van der Waals surface area contributed by atoms with Gasteiger partial charge in [0.1, 0.15) is 16.8 Å². The van der Waals surface area contributed by atoms with Gasteiger partial charge in [-0.25, -0.2) is 13.8 Å². The van der Waals surface area contributed by atoms with Gasteiger partial charge in [-0.2, -0.15) is 0 Å². The minimum absolute atomic E-state index is 0.155. The van der Waals surface area contributed by atoms with Crippen molar-refractivity contribution < 1.29 is 8.78 Å². The molecule has 1 aromatic heterocycles. The van der Waals surface area contributed by atoms with Crippen LogP contribution in [-0.4, -0.2) is 4.98 Å². The van der Waals surface area contributed by atoms with E-state index in [1.165, 1.54) is 24.3 Å². The molecule has 0 radical (unpaired) electrons. The van der Waals surface area contributed by atoms with Crippen LogP contribution in [0.15, 0.2) is 36.5 Å². The molecule has 15 heavy (non-hydrogen) atoms. The van der Waals surface area contributed by atoms with Crippen molar-refractivity contribution in [2.45, 2.75) is 0 Å². The number of halogens is 3. The van der Waals surface area contributed by atoms with Crippen molar-refractivity contribution in [3.8, 4) is 11.1 Å². The van der Waals surface area contributed by atoms with Gasteiger partial charge in [0.2, 0.25) is 0 Å². The summed E-state index contributed by atoms with van der Waals surface area (Å²) in [5, 5.41) is 0.155. The summed E-state index contributed by atoms with van der Waals surface area (Å²) in [4.78, 5) is 3.65. The molecule has 0 spiro atoms. The molecule has 1 nitrogen and oxygen atoms in total. The van der Waals surface area contributed by atoms with E-state index >= 15 is 0 Å². The summed E-state index contributed by atoms with van der Waals surface area (Å²) in [6.07, 6.45) is 1.02. The Kier molecular flexibility index (Phi) is 2.64.